The molecule has 1 aliphatic rings. The first-order chi connectivity index (χ1) is 6.74. The Morgan fingerprint density at radius 2 is 2.36 bits per heavy atom. The predicted octanol–water partition coefficient (Wildman–Crippen LogP) is 2.10. The summed E-state index contributed by atoms with van der Waals surface area (Å²) in [6.07, 6.45) is 2.22. The predicted molar refractivity (Wildman–Crippen MR) is 57.1 cm³/mol. The smallest absolute Gasteiger partial charge is 0.0852 e. The van der Waals surface area contributed by atoms with E-state index < -0.39 is 0 Å². The van der Waals surface area contributed by atoms with Crippen molar-refractivity contribution in [2.24, 2.45) is 0 Å². The zero-order valence-electron chi connectivity index (χ0n) is 8.38. The largest absolute Gasteiger partial charge is 0.390 e. The average molecular weight is 189 g/mol. The van der Waals surface area contributed by atoms with Gasteiger partial charge in [-0.3, -0.25) is 0 Å². The first-order valence-corrected chi connectivity index (χ1v) is 5.04. The molecule has 2 nitrogen and oxygen atoms in total. The van der Waals surface area contributed by atoms with Crippen molar-refractivity contribution in [2.75, 3.05) is 6.61 Å². The Hall–Kier alpha value is -1.15. The molecule has 0 fully saturated rings. The number of fused-ring (bicyclic) bond motifs is 1. The Bertz CT molecular complexity index is 371. The molecule has 2 N–H and O–H groups in total. The summed E-state index contributed by atoms with van der Waals surface area (Å²) in [6.45, 7) is 2.06. The minimum atomic E-state index is -0.162. The molecular weight excluding hydrogens is 174 g/mol. The van der Waals surface area contributed by atoms with Gasteiger partial charge in [0, 0.05) is 5.56 Å². The van der Waals surface area contributed by atoms with Gasteiger partial charge < -0.3 is 10.5 Å². The molecule has 1 atom stereocenters. The van der Waals surface area contributed by atoms with E-state index >= 15 is 0 Å². The third-order valence-electron chi connectivity index (χ3n) is 3.05. The summed E-state index contributed by atoms with van der Waals surface area (Å²) in [5, 5.41) is 16.6. The van der Waals surface area contributed by atoms with Crippen LogP contribution in [0.5, 0.6) is 0 Å². The molecule has 0 bridgehead atoms. The molecule has 0 aliphatic heterocycles. The van der Waals surface area contributed by atoms with Gasteiger partial charge in [0.25, 0.3) is 0 Å². The highest BCUT2D eigenvalue weighted by Gasteiger charge is 2.21. The topological polar surface area (TPSA) is 44.1 Å². The fraction of sp³-hybridized carbons (Fsp3) is 0.417. The van der Waals surface area contributed by atoms with Crippen LogP contribution < -0.4 is 0 Å². The third-order valence-corrected chi connectivity index (χ3v) is 3.05. The number of hydrogen-bond acceptors (Lipinski definition) is 2. The van der Waals surface area contributed by atoms with Gasteiger partial charge in [0.2, 0.25) is 0 Å². The molecular formula is C12H15NO. The molecule has 0 heterocycles. The maximum absolute atomic E-state index is 8.96. The number of hydrogen-bond donors (Lipinski definition) is 2. The van der Waals surface area contributed by atoms with Gasteiger partial charge in [0.1, 0.15) is 0 Å². The summed E-state index contributed by atoms with van der Waals surface area (Å²) in [7, 11) is 0. The maximum atomic E-state index is 8.96. The molecule has 1 aromatic rings. The van der Waals surface area contributed by atoms with Gasteiger partial charge >= 0.3 is 0 Å². The van der Waals surface area contributed by atoms with Crippen molar-refractivity contribution in [2.45, 2.75) is 25.7 Å². The van der Waals surface area contributed by atoms with Crippen molar-refractivity contribution in [3.8, 4) is 0 Å². The lowest BCUT2D eigenvalue weighted by atomic mass is 9.97. The number of aliphatic hydroxyl groups excluding tert-OH is 1. The quantitative estimate of drug-likeness (QED) is 0.687. The van der Waals surface area contributed by atoms with Crippen molar-refractivity contribution in [3.05, 3.63) is 34.9 Å². The number of nitrogens with one attached hydrogen (secondary N) is 1. The molecule has 2 heteroatoms. The van der Waals surface area contributed by atoms with Crippen molar-refractivity contribution < 1.29 is 5.11 Å². The summed E-state index contributed by atoms with van der Waals surface area (Å²) in [5.41, 5.74) is 3.92. The van der Waals surface area contributed by atoms with E-state index in [4.69, 9.17) is 10.5 Å². The second-order valence-corrected chi connectivity index (χ2v) is 3.95. The Morgan fingerprint density at radius 1 is 1.57 bits per heavy atom. The van der Waals surface area contributed by atoms with Crippen LogP contribution in [0.25, 0.3) is 0 Å². The first-order valence-electron chi connectivity index (χ1n) is 5.04. The maximum Gasteiger partial charge on any atom is 0.0852 e. The van der Waals surface area contributed by atoms with Crippen LogP contribution in [0.3, 0.4) is 0 Å². The van der Waals surface area contributed by atoms with Crippen molar-refractivity contribution >= 4 is 5.71 Å². The highest BCUT2D eigenvalue weighted by molar-refractivity contribution is 6.00. The van der Waals surface area contributed by atoms with E-state index in [9.17, 15) is 0 Å². The molecule has 0 saturated heterocycles. The van der Waals surface area contributed by atoms with Crippen LogP contribution in [0.2, 0.25) is 0 Å². The van der Waals surface area contributed by atoms with E-state index in [-0.39, 0.29) is 6.61 Å². The Balaban J connectivity index is 2.49. The number of benzene rings is 1. The van der Waals surface area contributed by atoms with Crippen LogP contribution in [-0.4, -0.2) is 17.4 Å². The summed E-state index contributed by atoms with van der Waals surface area (Å²) in [6, 6.07) is 6.07. The van der Waals surface area contributed by atoms with Gasteiger partial charge in [-0.25, -0.2) is 0 Å². The molecule has 0 radical (unpaired) electrons. The lowest BCUT2D eigenvalue weighted by Crippen LogP contribution is -2.07. The monoisotopic (exact) mass is 189 g/mol. The summed E-state index contributed by atoms with van der Waals surface area (Å²) >= 11 is 0. The van der Waals surface area contributed by atoms with E-state index in [2.05, 4.69) is 13.0 Å². The van der Waals surface area contributed by atoms with Crippen LogP contribution in [0.1, 0.15) is 36.0 Å². The van der Waals surface area contributed by atoms with Gasteiger partial charge in [-0.2, -0.15) is 0 Å². The fourth-order valence-electron chi connectivity index (χ4n) is 2.23. The highest BCUT2D eigenvalue weighted by Crippen LogP contribution is 2.34. The highest BCUT2D eigenvalue weighted by atomic mass is 16.3. The Morgan fingerprint density at radius 3 is 3.07 bits per heavy atom. The zero-order valence-corrected chi connectivity index (χ0v) is 8.38. The molecule has 1 aromatic carbocycles. The van der Waals surface area contributed by atoms with Crippen LogP contribution in [-0.2, 0) is 6.42 Å². The summed E-state index contributed by atoms with van der Waals surface area (Å²) in [4.78, 5) is 0. The normalized spacial score (nSPS) is 19.4. The van der Waals surface area contributed by atoms with Gasteiger partial charge in [-0.1, -0.05) is 25.1 Å². The van der Waals surface area contributed by atoms with Crippen molar-refractivity contribution in [3.63, 3.8) is 0 Å². The van der Waals surface area contributed by atoms with E-state index in [0.29, 0.717) is 11.6 Å². The molecule has 0 saturated carbocycles. The molecule has 0 spiro atoms. The van der Waals surface area contributed by atoms with Gasteiger partial charge in [-0.15, -0.1) is 0 Å². The summed E-state index contributed by atoms with van der Waals surface area (Å²) in [5.74, 6) is 0.608. The van der Waals surface area contributed by atoms with Crippen LogP contribution in [0.15, 0.2) is 18.2 Å². The fourth-order valence-corrected chi connectivity index (χ4v) is 2.23. The lowest BCUT2D eigenvalue weighted by molar-refractivity contribution is 0.357. The summed E-state index contributed by atoms with van der Waals surface area (Å²) < 4.78 is 0. The van der Waals surface area contributed by atoms with E-state index in [1.165, 1.54) is 17.5 Å². The number of rotatable bonds is 2. The van der Waals surface area contributed by atoms with Crippen LogP contribution >= 0.6 is 0 Å². The van der Waals surface area contributed by atoms with Gasteiger partial charge in [0.15, 0.2) is 0 Å². The molecule has 2 rings (SSSR count). The molecule has 0 aromatic heterocycles. The van der Waals surface area contributed by atoms with Crippen LogP contribution in [0.4, 0.5) is 0 Å². The zero-order chi connectivity index (χ0) is 10.1. The van der Waals surface area contributed by atoms with Crippen molar-refractivity contribution in [1.29, 1.82) is 5.41 Å². The number of aliphatic hydroxyl groups is 1. The minimum Gasteiger partial charge on any atom is -0.390 e. The Kier molecular flexibility index (Phi) is 2.38. The molecule has 0 amide bonds. The van der Waals surface area contributed by atoms with E-state index in [1.807, 2.05) is 12.1 Å². The first kappa shape index (κ1) is 9.41. The molecule has 74 valence electrons. The van der Waals surface area contributed by atoms with Crippen LogP contribution in [0, 0.1) is 5.41 Å². The van der Waals surface area contributed by atoms with Gasteiger partial charge in [0.05, 0.1) is 12.3 Å². The standard InChI is InChI=1S/C12H15NO/c1-8-5-6-10-9(8)3-2-4-11(10)12(13)7-14/h2-4,8,13-14H,5-7H2,1H3/t8-/m0/s1. The Labute approximate surface area is 84.1 Å². The minimum absolute atomic E-state index is 0.162. The van der Waals surface area contributed by atoms with E-state index in [1.54, 1.807) is 0 Å². The third kappa shape index (κ3) is 1.36. The second-order valence-electron chi connectivity index (χ2n) is 3.95. The van der Waals surface area contributed by atoms with Crippen molar-refractivity contribution in [1.82, 2.24) is 0 Å². The lowest BCUT2D eigenvalue weighted by Gasteiger charge is -2.09. The molecule has 14 heavy (non-hydrogen) atoms. The average Bonchev–Trinajstić information content (AvgIpc) is 2.59. The van der Waals surface area contributed by atoms with Gasteiger partial charge in [-0.05, 0) is 29.9 Å². The molecule has 1 aliphatic carbocycles. The molecule has 0 unspecified atom stereocenters. The van der Waals surface area contributed by atoms with E-state index in [0.717, 1.165) is 12.0 Å². The second kappa shape index (κ2) is 3.54. The SMILES string of the molecule is C[C@H]1CCc2c(C(=N)CO)cccc21.